The van der Waals surface area contributed by atoms with E-state index < -0.39 is 24.0 Å². The lowest BCUT2D eigenvalue weighted by molar-refractivity contribution is -0.158. The summed E-state index contributed by atoms with van der Waals surface area (Å²) in [7, 11) is 0. The maximum atomic E-state index is 13.3. The van der Waals surface area contributed by atoms with Gasteiger partial charge in [0.2, 0.25) is 0 Å². The average Bonchev–Trinajstić information content (AvgIpc) is 3.37. The smallest absolute Gasteiger partial charge is 0.340 e. The summed E-state index contributed by atoms with van der Waals surface area (Å²) in [5.74, 6) is -1.38. The molecule has 1 aliphatic rings. The molecule has 146 valence electrons. The molecule has 3 aromatic rings. The van der Waals surface area contributed by atoms with E-state index in [1.165, 1.54) is 10.7 Å². The molecule has 1 N–H and O–H groups in total. The first-order valence-corrected chi connectivity index (χ1v) is 8.90. The second-order valence-electron chi connectivity index (χ2n) is 7.04. The van der Waals surface area contributed by atoms with Crippen molar-refractivity contribution < 1.29 is 18.0 Å². The zero-order valence-electron chi connectivity index (χ0n) is 15.3. The molecule has 0 aromatic carbocycles. The minimum atomic E-state index is -4.48. The summed E-state index contributed by atoms with van der Waals surface area (Å²) < 4.78 is 41.2. The molecule has 6 nitrogen and oxygen atoms in total. The number of fused-ring (bicyclic) bond motifs is 1. The van der Waals surface area contributed by atoms with Crippen molar-refractivity contribution in [1.82, 2.24) is 24.9 Å². The van der Waals surface area contributed by atoms with Gasteiger partial charge in [-0.05, 0) is 50.8 Å². The van der Waals surface area contributed by atoms with Gasteiger partial charge in [0.15, 0.2) is 5.65 Å². The molecule has 0 saturated heterocycles. The highest BCUT2D eigenvalue weighted by atomic mass is 19.4. The van der Waals surface area contributed by atoms with E-state index in [0.717, 1.165) is 11.3 Å². The fourth-order valence-corrected chi connectivity index (χ4v) is 3.28. The predicted molar refractivity (Wildman–Crippen MR) is 95.7 cm³/mol. The van der Waals surface area contributed by atoms with E-state index in [4.69, 9.17) is 0 Å². The maximum Gasteiger partial charge on any atom is 0.408 e. The highest BCUT2D eigenvalue weighted by Gasteiger charge is 2.49. The summed E-state index contributed by atoms with van der Waals surface area (Å²) in [4.78, 5) is 21.4. The molecule has 28 heavy (non-hydrogen) atoms. The molecule has 1 aliphatic carbocycles. The van der Waals surface area contributed by atoms with Crippen LogP contribution in [0.15, 0.2) is 30.6 Å². The van der Waals surface area contributed by atoms with Gasteiger partial charge in [-0.15, -0.1) is 0 Å². The van der Waals surface area contributed by atoms with Gasteiger partial charge in [0.25, 0.3) is 5.91 Å². The summed E-state index contributed by atoms with van der Waals surface area (Å²) >= 11 is 0. The number of halogens is 3. The predicted octanol–water partition coefficient (Wildman–Crippen LogP) is 3.48. The van der Waals surface area contributed by atoms with Crippen molar-refractivity contribution in [2.24, 2.45) is 5.92 Å². The van der Waals surface area contributed by atoms with Crippen molar-refractivity contribution in [3.8, 4) is 11.3 Å². The van der Waals surface area contributed by atoms with Crippen LogP contribution in [0.2, 0.25) is 0 Å². The summed E-state index contributed by atoms with van der Waals surface area (Å²) in [6.07, 6.45) is -0.648. The molecular weight excluding hydrogens is 371 g/mol. The molecule has 4 rings (SSSR count). The van der Waals surface area contributed by atoms with Gasteiger partial charge in [-0.1, -0.05) is 0 Å². The summed E-state index contributed by atoms with van der Waals surface area (Å²) in [6.45, 7) is 3.63. The van der Waals surface area contributed by atoms with Crippen LogP contribution in [-0.2, 0) is 0 Å². The number of carbonyl (C=O) groups excluding carboxylic acids is 1. The number of carbonyl (C=O) groups is 1. The molecule has 0 unspecified atom stereocenters. The number of nitrogens with one attached hydrogen (secondary N) is 1. The SMILES string of the molecule is Cc1ncccc1-c1cc(C)n2ncc(C(=O)N[C@@H](C3CC3)C(F)(F)F)c2n1. The number of aromatic nitrogens is 4. The minimum absolute atomic E-state index is 0.0152. The Morgan fingerprint density at radius 1 is 1.32 bits per heavy atom. The van der Waals surface area contributed by atoms with Gasteiger partial charge in [-0.3, -0.25) is 9.78 Å². The molecule has 9 heteroatoms. The number of pyridine rings is 1. The van der Waals surface area contributed by atoms with Gasteiger partial charge in [-0.25, -0.2) is 9.50 Å². The Balaban J connectivity index is 1.74. The molecule has 0 spiro atoms. The molecule has 0 radical (unpaired) electrons. The van der Waals surface area contributed by atoms with E-state index in [1.807, 2.05) is 13.0 Å². The average molecular weight is 389 g/mol. The first-order valence-electron chi connectivity index (χ1n) is 8.90. The number of nitrogens with zero attached hydrogens (tertiary/aromatic N) is 4. The largest absolute Gasteiger partial charge is 0.408 e. The van der Waals surface area contributed by atoms with Gasteiger partial charge in [0, 0.05) is 23.1 Å². The third-order valence-corrected chi connectivity index (χ3v) is 4.91. The zero-order chi connectivity index (χ0) is 20.1. The second kappa shape index (κ2) is 6.57. The highest BCUT2D eigenvalue weighted by molar-refractivity contribution is 6.00. The molecule has 1 atom stereocenters. The number of hydrogen-bond acceptors (Lipinski definition) is 4. The van der Waals surface area contributed by atoms with Crippen molar-refractivity contribution in [1.29, 1.82) is 0 Å². The lowest BCUT2D eigenvalue weighted by Crippen LogP contribution is -2.46. The van der Waals surface area contributed by atoms with E-state index in [2.05, 4.69) is 20.4 Å². The normalized spacial score (nSPS) is 15.6. The third-order valence-electron chi connectivity index (χ3n) is 4.91. The van der Waals surface area contributed by atoms with Gasteiger partial charge < -0.3 is 5.32 Å². The monoisotopic (exact) mass is 389 g/mol. The lowest BCUT2D eigenvalue weighted by Gasteiger charge is -2.20. The number of amides is 1. The van der Waals surface area contributed by atoms with Gasteiger partial charge in [0.05, 0.1) is 11.9 Å². The van der Waals surface area contributed by atoms with Crippen LogP contribution in [0.3, 0.4) is 0 Å². The number of aryl methyl sites for hydroxylation is 2. The Morgan fingerprint density at radius 2 is 2.07 bits per heavy atom. The van der Waals surface area contributed by atoms with Crippen LogP contribution in [0.4, 0.5) is 13.2 Å². The van der Waals surface area contributed by atoms with Crippen LogP contribution in [-0.4, -0.2) is 37.7 Å². The van der Waals surface area contributed by atoms with E-state index in [1.54, 1.807) is 25.3 Å². The highest BCUT2D eigenvalue weighted by Crippen LogP contribution is 2.40. The Kier molecular flexibility index (Phi) is 4.32. The van der Waals surface area contributed by atoms with Crippen LogP contribution >= 0.6 is 0 Å². The molecule has 0 bridgehead atoms. The van der Waals surface area contributed by atoms with Crippen molar-refractivity contribution in [2.45, 2.75) is 38.9 Å². The molecule has 1 saturated carbocycles. The fourth-order valence-electron chi connectivity index (χ4n) is 3.28. The quantitative estimate of drug-likeness (QED) is 0.742. The molecule has 1 fully saturated rings. The van der Waals surface area contributed by atoms with Crippen molar-refractivity contribution in [3.63, 3.8) is 0 Å². The van der Waals surface area contributed by atoms with E-state index in [-0.39, 0.29) is 11.2 Å². The molecule has 1 amide bonds. The maximum absolute atomic E-state index is 13.3. The topological polar surface area (TPSA) is 72.2 Å². The molecule has 3 heterocycles. The van der Waals surface area contributed by atoms with Gasteiger partial charge >= 0.3 is 6.18 Å². The van der Waals surface area contributed by atoms with Crippen molar-refractivity contribution >= 4 is 11.6 Å². The fraction of sp³-hybridized carbons (Fsp3) is 0.368. The van der Waals surface area contributed by atoms with Crippen molar-refractivity contribution in [2.75, 3.05) is 0 Å². The minimum Gasteiger partial charge on any atom is -0.340 e. The van der Waals surface area contributed by atoms with Crippen LogP contribution in [0.5, 0.6) is 0 Å². The second-order valence-corrected chi connectivity index (χ2v) is 7.04. The summed E-state index contributed by atoms with van der Waals surface area (Å²) in [5, 5.41) is 6.26. The first kappa shape index (κ1) is 18.4. The summed E-state index contributed by atoms with van der Waals surface area (Å²) in [6, 6.07) is 3.58. The zero-order valence-corrected chi connectivity index (χ0v) is 15.3. The summed E-state index contributed by atoms with van der Waals surface area (Å²) in [5.41, 5.74) is 3.06. The van der Waals surface area contributed by atoms with E-state index in [0.29, 0.717) is 24.2 Å². The Bertz CT molecular complexity index is 1060. The van der Waals surface area contributed by atoms with Crippen LogP contribution in [0.1, 0.15) is 34.6 Å². The Labute approximate surface area is 158 Å². The lowest BCUT2D eigenvalue weighted by atomic mass is 10.1. The van der Waals surface area contributed by atoms with Crippen LogP contribution in [0.25, 0.3) is 16.9 Å². The number of hydrogen-bond donors (Lipinski definition) is 1. The van der Waals surface area contributed by atoms with Gasteiger partial charge in [0.1, 0.15) is 11.6 Å². The first-order chi connectivity index (χ1) is 13.3. The molecular formula is C19H18F3N5O. The number of alkyl halides is 3. The van der Waals surface area contributed by atoms with Gasteiger partial charge in [-0.2, -0.15) is 18.3 Å². The Hall–Kier alpha value is -2.97. The van der Waals surface area contributed by atoms with E-state index in [9.17, 15) is 18.0 Å². The van der Waals surface area contributed by atoms with Crippen molar-refractivity contribution in [3.05, 3.63) is 47.5 Å². The van der Waals surface area contributed by atoms with E-state index >= 15 is 0 Å². The third kappa shape index (κ3) is 3.32. The van der Waals surface area contributed by atoms with Crippen LogP contribution < -0.4 is 5.32 Å². The number of rotatable bonds is 4. The Morgan fingerprint density at radius 3 is 2.71 bits per heavy atom. The van der Waals surface area contributed by atoms with Crippen LogP contribution in [0, 0.1) is 19.8 Å². The molecule has 0 aliphatic heterocycles. The standard InChI is InChI=1S/C19H18F3N5O/c1-10-8-15(13-4-3-7-23-11(13)2)25-17-14(9-24-27(10)17)18(28)26-16(12-5-6-12)19(20,21)22/h3-4,7-9,12,16H,5-6H2,1-2H3,(H,26,28)/t16-/m0/s1. The molecule has 3 aromatic heterocycles.